The lowest BCUT2D eigenvalue weighted by Gasteiger charge is -2.10. The fourth-order valence-electron chi connectivity index (χ4n) is 1.88. The third-order valence-corrected chi connectivity index (χ3v) is 3.85. The van der Waals surface area contributed by atoms with Gasteiger partial charge in [0.25, 0.3) is 0 Å². The molecular weight excluding hydrogens is 312 g/mol. The van der Waals surface area contributed by atoms with Gasteiger partial charge in [0.15, 0.2) is 10.8 Å². The van der Waals surface area contributed by atoms with Crippen LogP contribution in [0.5, 0.6) is 5.75 Å². The Morgan fingerprint density at radius 2 is 2.38 bits per heavy atom. The highest BCUT2D eigenvalue weighted by molar-refractivity contribution is 7.15. The molecule has 0 amide bonds. The highest BCUT2D eigenvalue weighted by Crippen LogP contribution is 2.24. The van der Waals surface area contributed by atoms with Crippen LogP contribution in [0, 0.1) is 0 Å². The Labute approximate surface area is 129 Å². The lowest BCUT2D eigenvalue weighted by atomic mass is 10.2. The minimum atomic E-state index is -0.0347. The molecule has 3 aromatic rings. The zero-order chi connectivity index (χ0) is 14.8. The Kier molecular flexibility index (Phi) is 3.68. The molecule has 0 aliphatic heterocycles. The van der Waals surface area contributed by atoms with Crippen molar-refractivity contribution in [1.29, 1.82) is 0 Å². The summed E-state index contributed by atoms with van der Waals surface area (Å²) in [6, 6.07) is 4.90. The molecule has 2 heterocycles. The van der Waals surface area contributed by atoms with Crippen LogP contribution in [0.1, 0.15) is 11.3 Å². The number of oxime groups is 1. The number of amidine groups is 1. The van der Waals surface area contributed by atoms with E-state index in [2.05, 4.69) is 10.1 Å². The quantitative estimate of drug-likeness (QED) is 0.335. The minimum Gasteiger partial charge on any atom is -0.486 e. The molecule has 0 radical (unpaired) electrons. The van der Waals surface area contributed by atoms with Gasteiger partial charge in [-0.3, -0.25) is 4.40 Å². The summed E-state index contributed by atoms with van der Waals surface area (Å²) in [5.41, 5.74) is 6.88. The molecule has 0 atom stereocenters. The first-order valence-electron chi connectivity index (χ1n) is 5.98. The molecule has 2 aromatic heterocycles. The summed E-state index contributed by atoms with van der Waals surface area (Å²) >= 11 is 7.50. The van der Waals surface area contributed by atoms with Gasteiger partial charge in [0.05, 0.1) is 11.3 Å². The van der Waals surface area contributed by atoms with E-state index in [4.69, 9.17) is 27.3 Å². The average molecular weight is 323 g/mol. The van der Waals surface area contributed by atoms with Crippen molar-refractivity contribution in [3.05, 3.63) is 52.3 Å². The highest BCUT2D eigenvalue weighted by atomic mass is 35.5. The third kappa shape index (κ3) is 2.79. The summed E-state index contributed by atoms with van der Waals surface area (Å²) in [6.07, 6.45) is 3.82. The van der Waals surface area contributed by atoms with Crippen LogP contribution in [-0.2, 0) is 6.61 Å². The number of hydrogen-bond acceptors (Lipinski definition) is 5. The molecule has 0 aliphatic carbocycles. The summed E-state index contributed by atoms with van der Waals surface area (Å²) in [5, 5.41) is 14.2. The van der Waals surface area contributed by atoms with Gasteiger partial charge in [-0.15, -0.1) is 11.3 Å². The Hall–Kier alpha value is -2.25. The molecule has 0 unspecified atom stereocenters. The second-order valence-electron chi connectivity index (χ2n) is 4.24. The maximum absolute atomic E-state index is 8.79. The van der Waals surface area contributed by atoms with Crippen molar-refractivity contribution in [1.82, 2.24) is 9.38 Å². The van der Waals surface area contributed by atoms with Crippen molar-refractivity contribution in [2.24, 2.45) is 10.9 Å². The van der Waals surface area contributed by atoms with Gasteiger partial charge in [0, 0.05) is 22.8 Å². The molecule has 6 nitrogen and oxygen atoms in total. The van der Waals surface area contributed by atoms with Crippen LogP contribution in [0.3, 0.4) is 0 Å². The topological polar surface area (TPSA) is 85.1 Å². The van der Waals surface area contributed by atoms with Crippen LogP contribution in [0.15, 0.2) is 41.1 Å². The maximum Gasteiger partial charge on any atom is 0.193 e. The van der Waals surface area contributed by atoms with Crippen molar-refractivity contribution < 1.29 is 9.94 Å². The number of nitrogens with two attached hydrogens (primary N) is 1. The molecular formula is C13H11ClN4O2S. The zero-order valence-electron chi connectivity index (χ0n) is 10.7. The first-order valence-corrected chi connectivity index (χ1v) is 7.24. The van der Waals surface area contributed by atoms with Crippen molar-refractivity contribution >= 4 is 33.7 Å². The molecule has 1 aromatic carbocycles. The maximum atomic E-state index is 8.79. The monoisotopic (exact) mass is 322 g/mol. The van der Waals surface area contributed by atoms with E-state index >= 15 is 0 Å². The summed E-state index contributed by atoms with van der Waals surface area (Å²) in [5.74, 6) is 0.404. The van der Waals surface area contributed by atoms with E-state index in [1.807, 2.05) is 22.2 Å². The van der Waals surface area contributed by atoms with Crippen LogP contribution in [-0.4, -0.2) is 20.4 Å². The summed E-state index contributed by atoms with van der Waals surface area (Å²) < 4.78 is 7.62. The van der Waals surface area contributed by atoms with E-state index < -0.39 is 0 Å². The summed E-state index contributed by atoms with van der Waals surface area (Å²) in [4.78, 5) is 5.32. The SMILES string of the molecule is N/C(=N/O)c1ccc(Cl)cc1OCc1cn2ccsc2n1. The molecule has 108 valence electrons. The number of ether oxygens (including phenoxy) is 1. The molecule has 8 heteroatoms. The molecule has 0 fully saturated rings. The van der Waals surface area contributed by atoms with Gasteiger partial charge < -0.3 is 15.7 Å². The molecule has 0 bridgehead atoms. The smallest absolute Gasteiger partial charge is 0.193 e. The first kappa shape index (κ1) is 13.7. The van der Waals surface area contributed by atoms with E-state index in [1.54, 1.807) is 29.5 Å². The second-order valence-corrected chi connectivity index (χ2v) is 5.55. The molecule has 0 saturated carbocycles. The fourth-order valence-corrected chi connectivity index (χ4v) is 2.76. The van der Waals surface area contributed by atoms with Crippen molar-refractivity contribution in [3.63, 3.8) is 0 Å². The van der Waals surface area contributed by atoms with E-state index in [0.29, 0.717) is 16.3 Å². The standard InChI is InChI=1S/C13H11ClN4O2S/c14-8-1-2-10(12(15)17-19)11(5-8)20-7-9-6-18-3-4-21-13(18)16-9/h1-6,19H,7H2,(H2,15,17). The average Bonchev–Trinajstić information content (AvgIpc) is 3.05. The fraction of sp³-hybridized carbons (Fsp3) is 0.0769. The largest absolute Gasteiger partial charge is 0.486 e. The number of hydrogen-bond donors (Lipinski definition) is 2. The predicted molar refractivity (Wildman–Crippen MR) is 81.4 cm³/mol. The minimum absolute atomic E-state index is 0.0347. The summed E-state index contributed by atoms with van der Waals surface area (Å²) in [6.45, 7) is 0.264. The van der Waals surface area contributed by atoms with Gasteiger partial charge >= 0.3 is 0 Å². The van der Waals surface area contributed by atoms with Crippen LogP contribution >= 0.6 is 22.9 Å². The van der Waals surface area contributed by atoms with Crippen molar-refractivity contribution in [2.45, 2.75) is 6.61 Å². The van der Waals surface area contributed by atoms with Crippen LogP contribution < -0.4 is 10.5 Å². The third-order valence-electron chi connectivity index (χ3n) is 2.85. The number of rotatable bonds is 4. The second kappa shape index (κ2) is 5.63. The highest BCUT2D eigenvalue weighted by Gasteiger charge is 2.11. The van der Waals surface area contributed by atoms with Crippen LogP contribution in [0.25, 0.3) is 4.96 Å². The van der Waals surface area contributed by atoms with Gasteiger partial charge in [-0.1, -0.05) is 16.8 Å². The molecule has 0 aliphatic rings. The molecule has 3 N–H and O–H groups in total. The van der Waals surface area contributed by atoms with Gasteiger partial charge in [0.1, 0.15) is 12.4 Å². The molecule has 21 heavy (non-hydrogen) atoms. The number of imidazole rings is 1. The van der Waals surface area contributed by atoms with E-state index in [9.17, 15) is 0 Å². The van der Waals surface area contributed by atoms with Crippen LogP contribution in [0.2, 0.25) is 5.02 Å². The number of benzene rings is 1. The summed E-state index contributed by atoms with van der Waals surface area (Å²) in [7, 11) is 0. The first-order chi connectivity index (χ1) is 10.2. The number of thiazole rings is 1. The van der Waals surface area contributed by atoms with Gasteiger partial charge in [-0.25, -0.2) is 4.98 Å². The van der Waals surface area contributed by atoms with Crippen molar-refractivity contribution in [2.75, 3.05) is 0 Å². The predicted octanol–water partition coefficient (Wildman–Crippen LogP) is 2.72. The molecule has 0 spiro atoms. The van der Waals surface area contributed by atoms with Crippen molar-refractivity contribution in [3.8, 4) is 5.75 Å². The number of halogens is 1. The van der Waals surface area contributed by atoms with Gasteiger partial charge in [0.2, 0.25) is 0 Å². The van der Waals surface area contributed by atoms with E-state index in [-0.39, 0.29) is 12.4 Å². The van der Waals surface area contributed by atoms with Gasteiger partial charge in [-0.2, -0.15) is 0 Å². The normalized spacial score (nSPS) is 12.0. The number of fused-ring (bicyclic) bond motifs is 1. The van der Waals surface area contributed by atoms with Gasteiger partial charge in [-0.05, 0) is 18.2 Å². The number of nitrogens with zero attached hydrogens (tertiary/aromatic N) is 3. The van der Waals surface area contributed by atoms with Crippen LogP contribution in [0.4, 0.5) is 0 Å². The Balaban J connectivity index is 1.83. The number of aromatic nitrogens is 2. The van der Waals surface area contributed by atoms with E-state index in [1.165, 1.54) is 0 Å². The Morgan fingerprint density at radius 3 is 3.14 bits per heavy atom. The lowest BCUT2D eigenvalue weighted by Crippen LogP contribution is -2.14. The molecule has 0 saturated heterocycles. The lowest BCUT2D eigenvalue weighted by molar-refractivity contribution is 0.299. The Morgan fingerprint density at radius 1 is 1.52 bits per heavy atom. The molecule has 3 rings (SSSR count). The zero-order valence-corrected chi connectivity index (χ0v) is 12.3. The van der Waals surface area contributed by atoms with E-state index in [0.717, 1.165) is 10.7 Å². The Bertz CT molecular complexity index is 783.